The molecule has 0 radical (unpaired) electrons. The maximum absolute atomic E-state index is 13.0. The Morgan fingerprint density at radius 3 is 2.86 bits per heavy atom. The van der Waals surface area contributed by atoms with Crippen molar-refractivity contribution in [3.8, 4) is 0 Å². The zero-order chi connectivity index (χ0) is 15.9. The lowest BCUT2D eigenvalue weighted by atomic mass is 9.78. The minimum atomic E-state index is -0.963. The summed E-state index contributed by atoms with van der Waals surface area (Å²) >= 11 is 5.91. The molecule has 0 saturated heterocycles. The van der Waals surface area contributed by atoms with E-state index in [4.69, 9.17) is 16.3 Å². The maximum Gasteiger partial charge on any atom is 0.491 e. The Balaban J connectivity index is 1.85. The number of rotatable bonds is 3. The summed E-state index contributed by atoms with van der Waals surface area (Å²) in [6.45, 7) is 1.86. The van der Waals surface area contributed by atoms with Crippen LogP contribution < -0.4 is 5.46 Å². The number of halogens is 2. The van der Waals surface area contributed by atoms with Crippen molar-refractivity contribution in [3.63, 3.8) is 0 Å². The average Bonchev–Trinajstić information content (AvgIpc) is 2.73. The average molecular weight is 319 g/mol. The van der Waals surface area contributed by atoms with Gasteiger partial charge in [-0.2, -0.15) is 0 Å². The highest BCUT2D eigenvalue weighted by atomic mass is 35.5. The summed E-state index contributed by atoms with van der Waals surface area (Å²) in [7, 11) is -0.963. The third-order valence-corrected chi connectivity index (χ3v) is 4.10. The number of benzene rings is 2. The van der Waals surface area contributed by atoms with Crippen LogP contribution in [-0.2, 0) is 11.1 Å². The van der Waals surface area contributed by atoms with Gasteiger partial charge in [-0.1, -0.05) is 29.8 Å². The molecule has 112 valence electrons. The van der Waals surface area contributed by atoms with E-state index in [0.29, 0.717) is 5.46 Å². The van der Waals surface area contributed by atoms with Crippen LogP contribution in [0.5, 0.6) is 0 Å². The molecule has 1 N–H and O–H groups in total. The van der Waals surface area contributed by atoms with Gasteiger partial charge in [-0.15, -0.1) is 0 Å². The molecule has 6 heteroatoms. The lowest BCUT2D eigenvalue weighted by Gasteiger charge is -2.07. The van der Waals surface area contributed by atoms with Crippen LogP contribution in [0.25, 0.3) is 0 Å². The predicted octanol–water partition coefficient (Wildman–Crippen LogP) is 2.68. The van der Waals surface area contributed by atoms with Crippen molar-refractivity contribution in [2.75, 3.05) is 0 Å². The first kappa shape index (κ1) is 15.2. The van der Waals surface area contributed by atoms with Crippen LogP contribution in [0.4, 0.5) is 4.39 Å². The van der Waals surface area contributed by atoms with E-state index in [1.807, 2.05) is 19.1 Å². The molecule has 1 atom stereocenters. The second kappa shape index (κ2) is 5.84. The van der Waals surface area contributed by atoms with Crippen LogP contribution in [0.1, 0.15) is 34.5 Å². The summed E-state index contributed by atoms with van der Waals surface area (Å²) in [5.74, 6) is -0.681. The lowest BCUT2D eigenvalue weighted by molar-refractivity contribution is 0.0993. The number of fused-ring (bicyclic) bond motifs is 1. The number of carbonyl (C=O) groups is 1. The molecule has 22 heavy (non-hydrogen) atoms. The van der Waals surface area contributed by atoms with Gasteiger partial charge >= 0.3 is 7.12 Å². The van der Waals surface area contributed by atoms with Gasteiger partial charge in [0.2, 0.25) is 0 Å². The molecule has 0 aliphatic carbocycles. The van der Waals surface area contributed by atoms with E-state index in [2.05, 4.69) is 0 Å². The fourth-order valence-electron chi connectivity index (χ4n) is 2.65. The molecule has 1 aliphatic heterocycles. The Kier molecular flexibility index (Phi) is 4.04. The minimum absolute atomic E-state index is 0.100. The van der Waals surface area contributed by atoms with Crippen molar-refractivity contribution in [1.82, 2.24) is 0 Å². The van der Waals surface area contributed by atoms with Crippen molar-refractivity contribution in [2.45, 2.75) is 19.4 Å². The lowest BCUT2D eigenvalue weighted by Crippen LogP contribution is -2.28. The molecule has 1 aliphatic rings. The van der Waals surface area contributed by atoms with E-state index in [1.54, 1.807) is 6.07 Å². The Morgan fingerprint density at radius 2 is 2.14 bits per heavy atom. The first-order chi connectivity index (χ1) is 10.5. The van der Waals surface area contributed by atoms with E-state index in [1.165, 1.54) is 12.1 Å². The van der Waals surface area contributed by atoms with Crippen molar-refractivity contribution in [3.05, 3.63) is 63.9 Å². The van der Waals surface area contributed by atoms with E-state index >= 15 is 0 Å². The number of Topliss-reactive ketones (excluding diaryl/α,β-unsaturated/α-hetero) is 1. The predicted molar refractivity (Wildman–Crippen MR) is 83.0 cm³/mol. The highest BCUT2D eigenvalue weighted by Gasteiger charge is 2.32. The van der Waals surface area contributed by atoms with E-state index in [9.17, 15) is 14.2 Å². The normalized spacial score (nSPS) is 16.7. The fourth-order valence-corrected chi connectivity index (χ4v) is 2.93. The minimum Gasteiger partial charge on any atom is -0.423 e. The first-order valence-corrected chi connectivity index (χ1v) is 7.28. The number of hydrogen-bond acceptors (Lipinski definition) is 3. The molecule has 2 aromatic rings. The fraction of sp³-hybridized carbons (Fsp3) is 0.188. The second-order valence-electron chi connectivity index (χ2n) is 5.32. The van der Waals surface area contributed by atoms with Crippen LogP contribution in [-0.4, -0.2) is 17.9 Å². The van der Waals surface area contributed by atoms with E-state index in [-0.39, 0.29) is 28.9 Å². The Hall–Kier alpha value is -1.69. The highest BCUT2D eigenvalue weighted by molar-refractivity contribution is 6.61. The second-order valence-corrected chi connectivity index (χ2v) is 5.73. The maximum atomic E-state index is 13.0. The highest BCUT2D eigenvalue weighted by Crippen LogP contribution is 2.24. The molecule has 3 nitrogen and oxygen atoms in total. The van der Waals surface area contributed by atoms with Crippen LogP contribution in [0, 0.1) is 5.82 Å². The molecule has 0 bridgehead atoms. The van der Waals surface area contributed by atoms with Gasteiger partial charge in [-0.3, -0.25) is 4.79 Å². The molecule has 0 aromatic heterocycles. The van der Waals surface area contributed by atoms with Crippen molar-refractivity contribution >= 4 is 30.0 Å². The molecule has 0 fully saturated rings. The molecule has 1 heterocycles. The largest absolute Gasteiger partial charge is 0.491 e. The van der Waals surface area contributed by atoms with Gasteiger partial charge in [0, 0.05) is 12.0 Å². The van der Waals surface area contributed by atoms with Gasteiger partial charge < -0.3 is 9.68 Å². The molecule has 1 unspecified atom stereocenters. The van der Waals surface area contributed by atoms with Crippen LogP contribution in [0.2, 0.25) is 5.02 Å². The zero-order valence-electron chi connectivity index (χ0n) is 11.8. The van der Waals surface area contributed by atoms with Crippen LogP contribution >= 0.6 is 11.6 Å². The molecule has 0 saturated carbocycles. The first-order valence-electron chi connectivity index (χ1n) is 6.90. The quantitative estimate of drug-likeness (QED) is 0.699. The molecule has 0 amide bonds. The smallest absolute Gasteiger partial charge is 0.423 e. The van der Waals surface area contributed by atoms with Crippen molar-refractivity contribution in [2.24, 2.45) is 0 Å². The summed E-state index contributed by atoms with van der Waals surface area (Å²) in [5.41, 5.74) is 2.64. The summed E-state index contributed by atoms with van der Waals surface area (Å²) in [5, 5.41) is 9.93. The monoisotopic (exact) mass is 318 g/mol. The van der Waals surface area contributed by atoms with Crippen molar-refractivity contribution < 1.29 is 18.9 Å². The third kappa shape index (κ3) is 2.80. The van der Waals surface area contributed by atoms with Gasteiger partial charge in [-0.25, -0.2) is 4.39 Å². The van der Waals surface area contributed by atoms with Crippen LogP contribution in [0.15, 0.2) is 36.4 Å². The van der Waals surface area contributed by atoms with Crippen molar-refractivity contribution in [1.29, 1.82) is 0 Å². The number of carbonyl (C=O) groups excluding carboxylic acids is 1. The summed E-state index contributed by atoms with van der Waals surface area (Å²) < 4.78 is 18.3. The van der Waals surface area contributed by atoms with Gasteiger partial charge in [0.15, 0.2) is 5.78 Å². The van der Waals surface area contributed by atoms with Gasteiger partial charge in [0.05, 0.1) is 11.1 Å². The Labute approximate surface area is 132 Å². The van der Waals surface area contributed by atoms with Crippen LogP contribution in [0.3, 0.4) is 0 Å². The molecule has 0 spiro atoms. The summed E-state index contributed by atoms with van der Waals surface area (Å²) in [6, 6.07) is 9.15. The van der Waals surface area contributed by atoms with E-state index < -0.39 is 12.9 Å². The molecule has 3 rings (SSSR count). The third-order valence-electron chi connectivity index (χ3n) is 3.78. The Bertz CT molecular complexity index is 750. The summed E-state index contributed by atoms with van der Waals surface area (Å²) in [4.78, 5) is 12.3. The molecular weight excluding hydrogens is 305 g/mol. The number of hydrogen-bond donors (Lipinski definition) is 1. The van der Waals surface area contributed by atoms with Gasteiger partial charge in [-0.05, 0) is 41.7 Å². The Morgan fingerprint density at radius 1 is 1.36 bits per heavy atom. The number of ketones is 1. The zero-order valence-corrected chi connectivity index (χ0v) is 12.6. The van der Waals surface area contributed by atoms with E-state index in [0.717, 1.165) is 17.2 Å². The topological polar surface area (TPSA) is 46.5 Å². The standard InChI is InChI=1S/C16H13BClFO3/c1-9-12-4-2-10(6-14(12)17(21)22-9)7-16(20)13-5-3-11(19)8-15(13)18/h2-6,8-9,21H,7H2,1H3. The SMILES string of the molecule is CC1OB(O)c2cc(CC(=O)c3ccc(F)cc3Cl)ccc21. The molecule has 2 aromatic carbocycles. The van der Waals surface area contributed by atoms with Gasteiger partial charge in [0.1, 0.15) is 5.82 Å². The summed E-state index contributed by atoms with van der Waals surface area (Å²) in [6.07, 6.45) is -0.0407. The molecular formula is C16H13BClFO3. The van der Waals surface area contributed by atoms with Gasteiger partial charge in [0.25, 0.3) is 0 Å².